The lowest BCUT2D eigenvalue weighted by molar-refractivity contribution is -0.0212. The van der Waals surface area contributed by atoms with Crippen LogP contribution in [0.5, 0.6) is 0 Å². The van der Waals surface area contributed by atoms with Crippen LogP contribution in [0.15, 0.2) is 0 Å². The number of piperidine rings is 1. The normalized spacial score (nSPS) is 26.3. The summed E-state index contributed by atoms with van der Waals surface area (Å²) in [5.41, 5.74) is 0.501. The third-order valence-electron chi connectivity index (χ3n) is 3.78. The van der Waals surface area contributed by atoms with Gasteiger partial charge in [-0.3, -0.25) is 0 Å². The largest absolute Gasteiger partial charge is 0.309 e. The minimum Gasteiger partial charge on any atom is -0.309 e. The molecule has 0 bridgehead atoms. The molecular weight excluding hydrogens is 174 g/mol. The van der Waals surface area contributed by atoms with Crippen molar-refractivity contribution in [2.45, 2.75) is 32.7 Å². The Morgan fingerprint density at radius 3 is 2.21 bits per heavy atom. The van der Waals surface area contributed by atoms with Gasteiger partial charge in [-0.25, -0.2) is 0 Å². The molecular formula is C11H19N3. The number of nitrogens with zero attached hydrogens (tertiary/aromatic N) is 3. The highest BCUT2D eigenvalue weighted by molar-refractivity contribution is 5.02. The third-order valence-corrected chi connectivity index (χ3v) is 3.78. The quantitative estimate of drug-likeness (QED) is 0.588. The molecule has 0 N–H and O–H groups in total. The van der Waals surface area contributed by atoms with Gasteiger partial charge >= 0.3 is 0 Å². The second-order valence-corrected chi connectivity index (χ2v) is 5.09. The van der Waals surface area contributed by atoms with Gasteiger partial charge in [0, 0.05) is 24.5 Å². The van der Waals surface area contributed by atoms with E-state index in [-0.39, 0.29) is 0 Å². The molecule has 0 aliphatic carbocycles. The lowest BCUT2D eigenvalue weighted by Crippen LogP contribution is -2.59. The van der Waals surface area contributed by atoms with Crippen molar-refractivity contribution in [2.24, 2.45) is 5.41 Å². The number of hydrogen-bond donors (Lipinski definition) is 0. The van der Waals surface area contributed by atoms with Gasteiger partial charge in [0.15, 0.2) is 6.19 Å². The SMILES string of the molecule is CC(C)N1CCC2(CC1)CN(C#N)C2. The summed E-state index contributed by atoms with van der Waals surface area (Å²) in [5, 5.41) is 8.71. The molecule has 0 aromatic rings. The fraction of sp³-hybridized carbons (Fsp3) is 0.909. The summed E-state index contributed by atoms with van der Waals surface area (Å²) in [7, 11) is 0. The van der Waals surface area contributed by atoms with Crippen LogP contribution in [0, 0.1) is 16.9 Å². The zero-order valence-corrected chi connectivity index (χ0v) is 9.16. The molecule has 0 amide bonds. The Labute approximate surface area is 86.3 Å². The van der Waals surface area contributed by atoms with Crippen LogP contribution in [-0.2, 0) is 0 Å². The molecule has 2 aliphatic heterocycles. The van der Waals surface area contributed by atoms with E-state index in [1.165, 1.54) is 25.9 Å². The van der Waals surface area contributed by atoms with Gasteiger partial charge in [-0.2, -0.15) is 5.26 Å². The minimum absolute atomic E-state index is 0.501. The molecule has 3 heteroatoms. The number of rotatable bonds is 1. The average molecular weight is 193 g/mol. The van der Waals surface area contributed by atoms with Crippen molar-refractivity contribution < 1.29 is 0 Å². The van der Waals surface area contributed by atoms with Gasteiger partial charge < -0.3 is 9.80 Å². The summed E-state index contributed by atoms with van der Waals surface area (Å²) >= 11 is 0. The van der Waals surface area contributed by atoms with E-state index in [4.69, 9.17) is 5.26 Å². The molecule has 3 nitrogen and oxygen atoms in total. The first kappa shape index (κ1) is 9.79. The molecule has 2 saturated heterocycles. The summed E-state index contributed by atoms with van der Waals surface area (Å²) in [6.45, 7) is 8.99. The number of hydrogen-bond acceptors (Lipinski definition) is 3. The van der Waals surface area contributed by atoms with Crippen LogP contribution in [0.2, 0.25) is 0 Å². The van der Waals surface area contributed by atoms with Crippen molar-refractivity contribution >= 4 is 0 Å². The van der Waals surface area contributed by atoms with Crippen LogP contribution in [0.25, 0.3) is 0 Å². The smallest absolute Gasteiger partial charge is 0.179 e. The molecule has 2 fully saturated rings. The lowest BCUT2D eigenvalue weighted by atomic mass is 9.72. The van der Waals surface area contributed by atoms with Gasteiger partial charge in [0.25, 0.3) is 0 Å². The first-order valence-electron chi connectivity index (χ1n) is 5.54. The van der Waals surface area contributed by atoms with Crippen molar-refractivity contribution in [3.63, 3.8) is 0 Å². The van der Waals surface area contributed by atoms with Crippen molar-refractivity contribution in [2.75, 3.05) is 26.2 Å². The van der Waals surface area contributed by atoms with Gasteiger partial charge in [-0.1, -0.05) is 0 Å². The molecule has 78 valence electrons. The van der Waals surface area contributed by atoms with Crippen LogP contribution in [0.4, 0.5) is 0 Å². The highest BCUT2D eigenvalue weighted by Gasteiger charge is 2.44. The molecule has 2 heterocycles. The predicted molar refractivity (Wildman–Crippen MR) is 55.6 cm³/mol. The Morgan fingerprint density at radius 1 is 1.21 bits per heavy atom. The Balaban J connectivity index is 1.83. The molecule has 0 aromatic carbocycles. The predicted octanol–water partition coefficient (Wildman–Crippen LogP) is 1.27. The minimum atomic E-state index is 0.501. The zero-order valence-electron chi connectivity index (χ0n) is 9.16. The summed E-state index contributed by atoms with van der Waals surface area (Å²) < 4.78 is 0. The second-order valence-electron chi connectivity index (χ2n) is 5.09. The van der Waals surface area contributed by atoms with Gasteiger partial charge in [0.1, 0.15) is 0 Å². The summed E-state index contributed by atoms with van der Waals surface area (Å²) in [6.07, 6.45) is 4.79. The van der Waals surface area contributed by atoms with Crippen molar-refractivity contribution in [3.05, 3.63) is 0 Å². The third kappa shape index (κ3) is 1.59. The Hall–Kier alpha value is -0.750. The van der Waals surface area contributed by atoms with Gasteiger partial charge in [-0.15, -0.1) is 0 Å². The fourth-order valence-corrected chi connectivity index (χ4v) is 2.67. The molecule has 2 rings (SSSR count). The maximum atomic E-state index is 8.71. The monoisotopic (exact) mass is 193 g/mol. The van der Waals surface area contributed by atoms with E-state index in [9.17, 15) is 0 Å². The molecule has 0 saturated carbocycles. The van der Waals surface area contributed by atoms with E-state index in [0.717, 1.165) is 13.1 Å². The van der Waals surface area contributed by atoms with Crippen LogP contribution in [0.3, 0.4) is 0 Å². The number of nitriles is 1. The van der Waals surface area contributed by atoms with Gasteiger partial charge in [0.05, 0.1) is 0 Å². The average Bonchev–Trinajstić information content (AvgIpc) is 2.14. The zero-order chi connectivity index (χ0) is 10.2. The molecule has 2 aliphatic rings. The second kappa shape index (κ2) is 3.43. The van der Waals surface area contributed by atoms with Gasteiger partial charge in [0.2, 0.25) is 0 Å². The summed E-state index contributed by atoms with van der Waals surface area (Å²) in [4.78, 5) is 4.42. The Morgan fingerprint density at radius 2 is 1.79 bits per heavy atom. The fourth-order valence-electron chi connectivity index (χ4n) is 2.67. The molecule has 14 heavy (non-hydrogen) atoms. The molecule has 0 aromatic heterocycles. The van der Waals surface area contributed by atoms with E-state index in [2.05, 4.69) is 24.9 Å². The van der Waals surface area contributed by atoms with Crippen molar-refractivity contribution in [1.82, 2.24) is 9.80 Å². The molecule has 0 radical (unpaired) electrons. The molecule has 0 unspecified atom stereocenters. The highest BCUT2D eigenvalue weighted by Crippen LogP contribution is 2.40. The maximum absolute atomic E-state index is 8.71. The highest BCUT2D eigenvalue weighted by atomic mass is 15.2. The Bertz CT molecular complexity index is 238. The van der Waals surface area contributed by atoms with Crippen LogP contribution in [-0.4, -0.2) is 42.0 Å². The van der Waals surface area contributed by atoms with E-state index in [1.807, 2.05) is 4.90 Å². The van der Waals surface area contributed by atoms with Crippen LogP contribution >= 0.6 is 0 Å². The lowest BCUT2D eigenvalue weighted by Gasteiger charge is -2.52. The molecule has 0 atom stereocenters. The Kier molecular flexibility index (Phi) is 2.40. The first-order valence-corrected chi connectivity index (χ1v) is 5.54. The van der Waals surface area contributed by atoms with E-state index < -0.39 is 0 Å². The topological polar surface area (TPSA) is 30.3 Å². The standard InChI is InChI=1S/C11H19N3/c1-10(2)14-5-3-11(4-6-14)7-13(8-11)9-12/h10H,3-8H2,1-2H3. The van der Waals surface area contributed by atoms with E-state index >= 15 is 0 Å². The summed E-state index contributed by atoms with van der Waals surface area (Å²) in [6, 6.07) is 0.680. The van der Waals surface area contributed by atoms with Crippen molar-refractivity contribution in [3.8, 4) is 6.19 Å². The van der Waals surface area contributed by atoms with E-state index in [1.54, 1.807) is 0 Å². The van der Waals surface area contributed by atoms with Crippen LogP contribution < -0.4 is 0 Å². The van der Waals surface area contributed by atoms with Crippen LogP contribution in [0.1, 0.15) is 26.7 Å². The van der Waals surface area contributed by atoms with Crippen molar-refractivity contribution in [1.29, 1.82) is 5.26 Å². The maximum Gasteiger partial charge on any atom is 0.179 e. The first-order chi connectivity index (χ1) is 6.65. The van der Waals surface area contributed by atoms with E-state index in [0.29, 0.717) is 11.5 Å². The summed E-state index contributed by atoms with van der Waals surface area (Å²) in [5.74, 6) is 0. The molecule has 1 spiro atoms. The van der Waals surface area contributed by atoms with Gasteiger partial charge in [-0.05, 0) is 39.8 Å². The number of likely N-dealkylation sites (tertiary alicyclic amines) is 2.